The third-order valence-electron chi connectivity index (χ3n) is 4.35. The third kappa shape index (κ3) is 4.63. The fourth-order valence-corrected chi connectivity index (χ4v) is 5.39. The second-order valence-corrected chi connectivity index (χ2v) is 10.0. The van der Waals surface area contributed by atoms with Crippen LogP contribution in [0.15, 0.2) is 46.7 Å². The molecule has 0 spiro atoms. The van der Waals surface area contributed by atoms with Crippen LogP contribution >= 0.6 is 22.9 Å². The Kier molecular flexibility index (Phi) is 6.46. The van der Waals surface area contributed by atoms with Crippen LogP contribution in [-0.4, -0.2) is 55.6 Å². The Bertz CT molecular complexity index is 1360. The standard InChI is InChI=1S/C19H18ClN5O5S2/c1-28-12-3-4-13(14(11-12)29-2)19-23-22-16-6-7-17(24-25(16)19)30-10-9-21-32(26,27)18-8-5-15(20)31-18/h3-8,11,21H,9-10H2,1-2H3. The van der Waals surface area contributed by atoms with Gasteiger partial charge in [-0.15, -0.1) is 26.6 Å². The van der Waals surface area contributed by atoms with Crippen LogP contribution in [0.3, 0.4) is 0 Å². The van der Waals surface area contributed by atoms with Crippen molar-refractivity contribution in [3.63, 3.8) is 0 Å². The van der Waals surface area contributed by atoms with Gasteiger partial charge in [-0.1, -0.05) is 11.6 Å². The molecule has 1 N–H and O–H groups in total. The fraction of sp³-hybridized carbons (Fsp3) is 0.211. The molecule has 0 bridgehead atoms. The lowest BCUT2D eigenvalue weighted by molar-refractivity contribution is 0.306. The van der Waals surface area contributed by atoms with E-state index in [1.165, 1.54) is 16.6 Å². The topological polar surface area (TPSA) is 117 Å². The summed E-state index contributed by atoms with van der Waals surface area (Å²) in [7, 11) is -0.520. The van der Waals surface area contributed by atoms with Crippen molar-refractivity contribution in [3.8, 4) is 28.8 Å². The quantitative estimate of drug-likeness (QED) is 0.352. The number of benzene rings is 1. The molecule has 4 rings (SSSR count). The maximum atomic E-state index is 12.2. The molecule has 3 heterocycles. The highest BCUT2D eigenvalue weighted by Gasteiger charge is 2.17. The molecule has 10 nitrogen and oxygen atoms in total. The monoisotopic (exact) mass is 495 g/mol. The zero-order chi connectivity index (χ0) is 22.7. The molecule has 0 radical (unpaired) electrons. The molecule has 168 valence electrons. The number of hydrogen-bond acceptors (Lipinski definition) is 9. The van der Waals surface area contributed by atoms with Gasteiger partial charge in [0, 0.05) is 18.7 Å². The van der Waals surface area contributed by atoms with Gasteiger partial charge in [-0.05, 0) is 30.3 Å². The van der Waals surface area contributed by atoms with E-state index in [4.69, 9.17) is 25.8 Å². The minimum atomic E-state index is -3.64. The average molecular weight is 496 g/mol. The molecule has 32 heavy (non-hydrogen) atoms. The number of sulfonamides is 1. The maximum Gasteiger partial charge on any atom is 0.250 e. The summed E-state index contributed by atoms with van der Waals surface area (Å²) >= 11 is 6.79. The molecule has 0 aliphatic heterocycles. The Morgan fingerprint density at radius 2 is 1.94 bits per heavy atom. The molecule has 4 aromatic rings. The van der Waals surface area contributed by atoms with Crippen molar-refractivity contribution in [2.24, 2.45) is 0 Å². The van der Waals surface area contributed by atoms with Gasteiger partial charge in [-0.25, -0.2) is 13.1 Å². The van der Waals surface area contributed by atoms with Gasteiger partial charge in [0.2, 0.25) is 15.9 Å². The number of fused-ring (bicyclic) bond motifs is 1. The number of thiophene rings is 1. The SMILES string of the molecule is COc1ccc(-c2nnc3ccc(OCCNS(=O)(=O)c4ccc(Cl)s4)nn23)c(OC)c1. The van der Waals surface area contributed by atoms with Gasteiger partial charge in [-0.2, -0.15) is 4.52 Å². The molecule has 0 aliphatic rings. The third-order valence-corrected chi connectivity index (χ3v) is 7.53. The highest BCUT2D eigenvalue weighted by atomic mass is 35.5. The number of nitrogens with zero attached hydrogens (tertiary/aromatic N) is 4. The van der Waals surface area contributed by atoms with E-state index in [0.717, 1.165) is 11.3 Å². The van der Waals surface area contributed by atoms with Crippen molar-refractivity contribution in [2.75, 3.05) is 27.4 Å². The summed E-state index contributed by atoms with van der Waals surface area (Å²) in [6, 6.07) is 11.6. The number of ether oxygens (including phenoxy) is 3. The minimum Gasteiger partial charge on any atom is -0.497 e. The smallest absolute Gasteiger partial charge is 0.250 e. The first-order chi connectivity index (χ1) is 15.4. The van der Waals surface area contributed by atoms with E-state index in [-0.39, 0.29) is 23.2 Å². The average Bonchev–Trinajstić information content (AvgIpc) is 3.42. The number of rotatable bonds is 9. The van der Waals surface area contributed by atoms with E-state index in [0.29, 0.717) is 32.9 Å². The Hall–Kier alpha value is -2.93. The van der Waals surface area contributed by atoms with Gasteiger partial charge >= 0.3 is 0 Å². The second-order valence-electron chi connectivity index (χ2n) is 6.34. The summed E-state index contributed by atoms with van der Waals surface area (Å²) in [6.07, 6.45) is 0. The number of hydrogen-bond donors (Lipinski definition) is 1. The number of methoxy groups -OCH3 is 2. The summed E-state index contributed by atoms with van der Waals surface area (Å²) < 4.78 is 45.3. The first kappa shape index (κ1) is 22.3. The number of halogens is 1. The lowest BCUT2D eigenvalue weighted by Crippen LogP contribution is -2.27. The molecule has 3 aromatic heterocycles. The van der Waals surface area contributed by atoms with E-state index in [1.54, 1.807) is 44.6 Å². The molecular formula is C19H18ClN5O5S2. The molecule has 13 heteroatoms. The lowest BCUT2D eigenvalue weighted by atomic mass is 10.2. The van der Waals surface area contributed by atoms with Crippen LogP contribution in [0.4, 0.5) is 0 Å². The van der Waals surface area contributed by atoms with Crippen LogP contribution in [0.1, 0.15) is 0 Å². The van der Waals surface area contributed by atoms with Gasteiger partial charge in [0.1, 0.15) is 22.3 Å². The van der Waals surface area contributed by atoms with E-state index < -0.39 is 10.0 Å². The first-order valence-corrected chi connectivity index (χ1v) is 11.9. The Morgan fingerprint density at radius 3 is 2.66 bits per heavy atom. The van der Waals surface area contributed by atoms with Gasteiger partial charge in [0.05, 0.1) is 24.1 Å². The Morgan fingerprint density at radius 1 is 1.09 bits per heavy atom. The van der Waals surface area contributed by atoms with Crippen LogP contribution in [0, 0.1) is 0 Å². The van der Waals surface area contributed by atoms with Crippen LogP contribution in [0.2, 0.25) is 4.34 Å². The Balaban J connectivity index is 1.48. The minimum absolute atomic E-state index is 0.0545. The van der Waals surface area contributed by atoms with Crippen molar-refractivity contribution < 1.29 is 22.6 Å². The van der Waals surface area contributed by atoms with Crippen molar-refractivity contribution in [3.05, 3.63) is 46.8 Å². The molecule has 0 saturated heterocycles. The molecule has 0 saturated carbocycles. The van der Waals surface area contributed by atoms with E-state index in [2.05, 4.69) is 20.0 Å². The van der Waals surface area contributed by atoms with Crippen molar-refractivity contribution in [1.82, 2.24) is 24.5 Å². The van der Waals surface area contributed by atoms with Crippen LogP contribution in [-0.2, 0) is 10.0 Å². The first-order valence-electron chi connectivity index (χ1n) is 9.24. The molecule has 0 fully saturated rings. The van der Waals surface area contributed by atoms with Crippen molar-refractivity contribution >= 4 is 38.6 Å². The number of nitrogens with one attached hydrogen (secondary N) is 1. The van der Waals surface area contributed by atoms with Gasteiger partial charge in [0.25, 0.3) is 0 Å². The predicted molar refractivity (Wildman–Crippen MR) is 119 cm³/mol. The van der Waals surface area contributed by atoms with E-state index in [9.17, 15) is 8.42 Å². The van der Waals surface area contributed by atoms with Crippen molar-refractivity contribution in [2.45, 2.75) is 4.21 Å². The normalized spacial score (nSPS) is 11.6. The highest BCUT2D eigenvalue weighted by Crippen LogP contribution is 2.32. The largest absolute Gasteiger partial charge is 0.497 e. The lowest BCUT2D eigenvalue weighted by Gasteiger charge is -2.10. The van der Waals surface area contributed by atoms with Gasteiger partial charge in [-0.3, -0.25) is 0 Å². The zero-order valence-electron chi connectivity index (χ0n) is 17.0. The summed E-state index contributed by atoms with van der Waals surface area (Å²) in [5.41, 5.74) is 1.19. The maximum absolute atomic E-state index is 12.2. The van der Waals surface area contributed by atoms with Gasteiger partial charge < -0.3 is 14.2 Å². The zero-order valence-corrected chi connectivity index (χ0v) is 19.4. The predicted octanol–water partition coefficient (Wildman–Crippen LogP) is 2.88. The van der Waals surface area contributed by atoms with Crippen LogP contribution in [0.25, 0.3) is 17.0 Å². The molecule has 0 unspecified atom stereocenters. The number of aromatic nitrogens is 4. The molecule has 0 atom stereocenters. The van der Waals surface area contributed by atoms with E-state index >= 15 is 0 Å². The second kappa shape index (κ2) is 9.28. The van der Waals surface area contributed by atoms with Crippen molar-refractivity contribution in [1.29, 1.82) is 0 Å². The van der Waals surface area contributed by atoms with Crippen LogP contribution < -0.4 is 18.9 Å². The molecule has 0 aliphatic carbocycles. The summed E-state index contributed by atoms with van der Waals surface area (Å²) in [6.45, 7) is 0.124. The summed E-state index contributed by atoms with van der Waals surface area (Å²) in [4.78, 5) is 0. The molecular weight excluding hydrogens is 478 g/mol. The van der Waals surface area contributed by atoms with Gasteiger partial charge in [0.15, 0.2) is 11.5 Å². The fourth-order valence-electron chi connectivity index (χ4n) is 2.85. The molecule has 0 amide bonds. The summed E-state index contributed by atoms with van der Waals surface area (Å²) in [5, 5.41) is 12.7. The van der Waals surface area contributed by atoms with Crippen LogP contribution in [0.5, 0.6) is 17.4 Å². The highest BCUT2D eigenvalue weighted by molar-refractivity contribution is 7.91. The molecule has 1 aromatic carbocycles. The van der Waals surface area contributed by atoms with E-state index in [1.807, 2.05) is 0 Å². The Labute approximate surface area is 192 Å². The summed E-state index contributed by atoms with van der Waals surface area (Å²) in [5.74, 6) is 1.93.